The van der Waals surface area contributed by atoms with Crippen LogP contribution in [0, 0.1) is 17.6 Å². The molecule has 1 aromatic heterocycles. The summed E-state index contributed by atoms with van der Waals surface area (Å²) in [5.41, 5.74) is -0.227. The lowest BCUT2D eigenvalue weighted by Crippen LogP contribution is -2.40. The lowest BCUT2D eigenvalue weighted by molar-refractivity contribution is -0.120. The number of nitrogens with zero attached hydrogens (tertiary/aromatic N) is 1. The Labute approximate surface area is 193 Å². The first-order valence-corrected chi connectivity index (χ1v) is 10.7. The summed E-state index contributed by atoms with van der Waals surface area (Å²) in [4.78, 5) is 44.0. The fourth-order valence-electron chi connectivity index (χ4n) is 3.63. The normalized spacial score (nSPS) is 17.9. The fraction of sp³-hybridized carbons (Fsp3) is 0.429. The number of hydrogen-bond donors (Lipinski definition) is 4. The smallest absolute Gasteiger partial charge is 0.272 e. The molecule has 1 saturated carbocycles. The van der Waals surface area contributed by atoms with E-state index in [1.165, 1.54) is 13.4 Å². The molecule has 33 heavy (non-hydrogen) atoms. The van der Waals surface area contributed by atoms with Gasteiger partial charge in [-0.25, -0.2) is 13.8 Å². The van der Waals surface area contributed by atoms with Gasteiger partial charge >= 0.3 is 0 Å². The topological polar surface area (TPSA) is 125 Å². The van der Waals surface area contributed by atoms with Crippen LogP contribution in [0.1, 0.15) is 46.7 Å². The van der Waals surface area contributed by atoms with Gasteiger partial charge in [0.2, 0.25) is 5.91 Å². The van der Waals surface area contributed by atoms with E-state index >= 15 is 0 Å². The van der Waals surface area contributed by atoms with Gasteiger partial charge in [-0.15, -0.1) is 0 Å². The van der Waals surface area contributed by atoms with Crippen molar-refractivity contribution in [2.45, 2.75) is 31.7 Å². The number of rotatable bonds is 8. The Morgan fingerprint density at radius 1 is 1.18 bits per heavy atom. The van der Waals surface area contributed by atoms with Gasteiger partial charge in [0.1, 0.15) is 11.5 Å². The summed E-state index contributed by atoms with van der Waals surface area (Å²) in [5.74, 6) is -3.58. The van der Waals surface area contributed by atoms with E-state index in [2.05, 4.69) is 25.9 Å². The Hall–Kier alpha value is -3.05. The Morgan fingerprint density at radius 2 is 1.91 bits per heavy atom. The molecule has 4 N–H and O–H groups in total. The number of aromatic amines is 1. The average molecular weight is 484 g/mol. The number of anilines is 1. The Balaban J connectivity index is 1.52. The van der Waals surface area contributed by atoms with Crippen LogP contribution in [0.25, 0.3) is 0 Å². The van der Waals surface area contributed by atoms with Crippen molar-refractivity contribution in [3.63, 3.8) is 0 Å². The number of imidazole rings is 1. The number of benzene rings is 1. The Kier molecular flexibility index (Phi) is 8.34. The molecule has 0 atom stereocenters. The van der Waals surface area contributed by atoms with Crippen LogP contribution in [0.3, 0.4) is 0 Å². The second kappa shape index (κ2) is 11.2. The van der Waals surface area contributed by atoms with Crippen molar-refractivity contribution in [1.29, 1.82) is 0 Å². The standard InChI is InChI=1S/C21H24ClF2N5O4/c1-33-7-6-25-20(31)17-18(27-10-26-17)21(32)28-13-4-2-11(3-5-13)19(30)29-16-14(22)8-12(23)9-15(16)24/h8-11,13H,2-7H2,1H3,(H,25,31)(H,26,27)(H,28,32)(H,29,30)/t11-,13-. The monoisotopic (exact) mass is 483 g/mol. The zero-order valence-electron chi connectivity index (χ0n) is 17.8. The molecular weight excluding hydrogens is 460 g/mol. The molecule has 1 aliphatic carbocycles. The minimum Gasteiger partial charge on any atom is -0.383 e. The van der Waals surface area contributed by atoms with E-state index in [1.54, 1.807) is 0 Å². The maximum Gasteiger partial charge on any atom is 0.272 e. The van der Waals surface area contributed by atoms with Crippen LogP contribution in [0.5, 0.6) is 0 Å². The predicted octanol–water partition coefficient (Wildman–Crippen LogP) is 2.64. The molecule has 1 aliphatic rings. The largest absolute Gasteiger partial charge is 0.383 e. The third kappa shape index (κ3) is 6.26. The number of ether oxygens (including phenoxy) is 1. The molecule has 12 heteroatoms. The van der Waals surface area contributed by atoms with Gasteiger partial charge in [-0.05, 0) is 31.7 Å². The summed E-state index contributed by atoms with van der Waals surface area (Å²) in [7, 11) is 1.51. The number of H-pyrrole nitrogens is 1. The van der Waals surface area contributed by atoms with Crippen LogP contribution in [-0.4, -0.2) is 54.0 Å². The fourth-order valence-corrected chi connectivity index (χ4v) is 3.88. The van der Waals surface area contributed by atoms with Crippen molar-refractivity contribution in [3.05, 3.63) is 46.5 Å². The van der Waals surface area contributed by atoms with E-state index in [9.17, 15) is 23.2 Å². The van der Waals surface area contributed by atoms with Gasteiger partial charge in [0, 0.05) is 31.7 Å². The number of amides is 3. The third-order valence-electron chi connectivity index (χ3n) is 5.36. The minimum atomic E-state index is -0.948. The maximum absolute atomic E-state index is 13.9. The molecule has 0 saturated heterocycles. The summed E-state index contributed by atoms with van der Waals surface area (Å²) in [5, 5.41) is 7.66. The molecule has 1 heterocycles. The van der Waals surface area contributed by atoms with Crippen LogP contribution >= 0.6 is 11.6 Å². The molecule has 0 aliphatic heterocycles. The number of carbonyl (C=O) groups excluding carboxylic acids is 3. The second-order valence-electron chi connectivity index (χ2n) is 7.63. The summed E-state index contributed by atoms with van der Waals surface area (Å²) in [6.07, 6.45) is 3.18. The maximum atomic E-state index is 13.9. The lowest BCUT2D eigenvalue weighted by atomic mass is 9.85. The van der Waals surface area contributed by atoms with Gasteiger partial charge in [-0.2, -0.15) is 0 Å². The van der Waals surface area contributed by atoms with Gasteiger partial charge in [0.25, 0.3) is 11.8 Å². The number of hydrogen-bond acceptors (Lipinski definition) is 5. The highest BCUT2D eigenvalue weighted by molar-refractivity contribution is 6.33. The van der Waals surface area contributed by atoms with Gasteiger partial charge in [-0.1, -0.05) is 11.6 Å². The first kappa shape index (κ1) is 24.6. The second-order valence-corrected chi connectivity index (χ2v) is 8.04. The predicted molar refractivity (Wildman–Crippen MR) is 116 cm³/mol. The van der Waals surface area contributed by atoms with Crippen LogP contribution in [0.4, 0.5) is 14.5 Å². The number of nitrogens with one attached hydrogen (secondary N) is 4. The van der Waals surface area contributed by atoms with E-state index < -0.39 is 35.3 Å². The van der Waals surface area contributed by atoms with Gasteiger partial charge in [0.05, 0.1) is 23.6 Å². The van der Waals surface area contributed by atoms with E-state index in [4.69, 9.17) is 16.3 Å². The molecule has 1 fully saturated rings. The highest BCUT2D eigenvalue weighted by atomic mass is 35.5. The van der Waals surface area contributed by atoms with E-state index in [-0.39, 0.29) is 34.7 Å². The van der Waals surface area contributed by atoms with E-state index in [0.717, 1.165) is 6.07 Å². The van der Waals surface area contributed by atoms with Crippen LogP contribution in [-0.2, 0) is 9.53 Å². The first-order chi connectivity index (χ1) is 15.8. The molecule has 2 aromatic rings. The zero-order chi connectivity index (χ0) is 24.0. The summed E-state index contributed by atoms with van der Waals surface area (Å²) >= 11 is 5.83. The summed E-state index contributed by atoms with van der Waals surface area (Å²) < 4.78 is 32.0. The Morgan fingerprint density at radius 3 is 2.58 bits per heavy atom. The molecule has 0 radical (unpaired) electrons. The van der Waals surface area contributed by atoms with Crippen molar-refractivity contribution in [3.8, 4) is 0 Å². The highest BCUT2D eigenvalue weighted by Crippen LogP contribution is 2.30. The number of aromatic nitrogens is 2. The first-order valence-electron chi connectivity index (χ1n) is 10.4. The molecule has 0 spiro atoms. The Bertz CT molecular complexity index is 1000. The van der Waals surface area contributed by atoms with Crippen molar-refractivity contribution >= 4 is 35.0 Å². The van der Waals surface area contributed by atoms with Crippen molar-refractivity contribution < 1.29 is 27.9 Å². The quantitative estimate of drug-likeness (QED) is 0.429. The van der Waals surface area contributed by atoms with E-state index in [0.29, 0.717) is 38.4 Å². The molecule has 178 valence electrons. The molecule has 0 unspecified atom stereocenters. The van der Waals surface area contributed by atoms with Crippen molar-refractivity contribution in [2.75, 3.05) is 25.6 Å². The molecule has 1 aromatic carbocycles. The third-order valence-corrected chi connectivity index (χ3v) is 5.66. The zero-order valence-corrected chi connectivity index (χ0v) is 18.6. The molecular formula is C21H24ClF2N5O4. The average Bonchev–Trinajstić information content (AvgIpc) is 3.27. The van der Waals surface area contributed by atoms with E-state index in [1.807, 2.05) is 0 Å². The number of methoxy groups -OCH3 is 1. The van der Waals surface area contributed by atoms with Crippen LogP contribution in [0.2, 0.25) is 5.02 Å². The number of carbonyl (C=O) groups is 3. The molecule has 3 amide bonds. The van der Waals surface area contributed by atoms with Gasteiger partial charge in [0.15, 0.2) is 11.5 Å². The number of halogens is 3. The SMILES string of the molecule is COCCNC(=O)c1nc[nH]c1C(=O)N[C@H]1CC[C@H](C(=O)Nc2c(F)cc(F)cc2Cl)CC1. The van der Waals surface area contributed by atoms with Crippen molar-refractivity contribution in [2.24, 2.45) is 5.92 Å². The molecule has 9 nitrogen and oxygen atoms in total. The molecule has 3 rings (SSSR count). The van der Waals surface area contributed by atoms with Crippen LogP contribution in [0.15, 0.2) is 18.5 Å². The van der Waals surface area contributed by atoms with Crippen molar-refractivity contribution in [1.82, 2.24) is 20.6 Å². The summed E-state index contributed by atoms with van der Waals surface area (Å²) in [6.45, 7) is 0.608. The highest BCUT2D eigenvalue weighted by Gasteiger charge is 2.29. The summed E-state index contributed by atoms with van der Waals surface area (Å²) in [6, 6.07) is 1.37. The molecule has 0 bridgehead atoms. The minimum absolute atomic E-state index is 0.0186. The lowest BCUT2D eigenvalue weighted by Gasteiger charge is -2.28. The van der Waals surface area contributed by atoms with Gasteiger partial charge < -0.3 is 25.7 Å². The van der Waals surface area contributed by atoms with Crippen LogP contribution < -0.4 is 16.0 Å². The van der Waals surface area contributed by atoms with Gasteiger partial charge in [-0.3, -0.25) is 14.4 Å².